The van der Waals surface area contributed by atoms with Gasteiger partial charge < -0.3 is 30.8 Å². The maximum Gasteiger partial charge on any atom is 0.319 e. The number of urea groups is 1. The summed E-state index contributed by atoms with van der Waals surface area (Å²) < 4.78 is 0. The molecule has 9 nitrogen and oxygen atoms in total. The Balaban J connectivity index is 0.000000247. The summed E-state index contributed by atoms with van der Waals surface area (Å²) in [6.45, 7) is 13.7. The molecule has 45 heavy (non-hydrogen) atoms. The monoisotopic (exact) mass is 629 g/mol. The number of nitrogens with zero attached hydrogens (tertiary/aromatic N) is 3. The van der Waals surface area contributed by atoms with Gasteiger partial charge in [-0.05, 0) is 102 Å². The van der Waals surface area contributed by atoms with E-state index >= 15 is 0 Å². The highest BCUT2D eigenvalue weighted by Crippen LogP contribution is 2.49. The van der Waals surface area contributed by atoms with Gasteiger partial charge in [-0.25, -0.2) is 4.79 Å². The van der Waals surface area contributed by atoms with Gasteiger partial charge in [-0.15, -0.1) is 0 Å². The average molecular weight is 630 g/mol. The van der Waals surface area contributed by atoms with Crippen LogP contribution in [0.25, 0.3) is 0 Å². The summed E-state index contributed by atoms with van der Waals surface area (Å²) in [4.78, 5) is 41.5. The van der Waals surface area contributed by atoms with E-state index in [2.05, 4.69) is 54.6 Å². The molecule has 3 aliphatic heterocycles. The molecule has 5 atom stereocenters. The van der Waals surface area contributed by atoms with Gasteiger partial charge in [0.1, 0.15) is 11.8 Å². The van der Waals surface area contributed by atoms with Crippen LogP contribution < -0.4 is 11.1 Å². The number of carbonyl (C=O) groups excluding carboxylic acids is 3. The van der Waals surface area contributed by atoms with Gasteiger partial charge in [-0.3, -0.25) is 9.69 Å². The summed E-state index contributed by atoms with van der Waals surface area (Å²) in [5.41, 5.74) is 3.97. The number of allylic oxidation sites excluding steroid dienone is 5. The lowest BCUT2D eigenvalue weighted by atomic mass is 9.59. The van der Waals surface area contributed by atoms with Crippen molar-refractivity contribution in [1.29, 1.82) is 0 Å². The lowest BCUT2D eigenvalue weighted by Gasteiger charge is -2.47. The zero-order chi connectivity index (χ0) is 33.5. The molecule has 0 aromatic carbocycles. The highest BCUT2D eigenvalue weighted by Gasteiger charge is 2.49. The first kappa shape index (κ1) is 38.7. The first-order chi connectivity index (χ1) is 21.6. The van der Waals surface area contributed by atoms with Crippen molar-refractivity contribution < 1.29 is 19.5 Å². The summed E-state index contributed by atoms with van der Waals surface area (Å²) in [7, 11) is 3.49. The van der Waals surface area contributed by atoms with E-state index in [0.717, 1.165) is 83.6 Å². The minimum atomic E-state index is -0.376. The van der Waals surface area contributed by atoms with Crippen LogP contribution in [0.5, 0.6) is 0 Å². The van der Waals surface area contributed by atoms with E-state index in [1.165, 1.54) is 13.5 Å². The fourth-order valence-electron chi connectivity index (χ4n) is 7.76. The van der Waals surface area contributed by atoms with Crippen LogP contribution in [0.15, 0.2) is 37.0 Å². The number of nitrogens with two attached hydrogens (primary N) is 1. The van der Waals surface area contributed by atoms with Crippen LogP contribution in [-0.2, 0) is 9.59 Å². The van der Waals surface area contributed by atoms with Gasteiger partial charge in [0.05, 0.1) is 12.8 Å². The molecule has 5 fully saturated rings. The largest absolute Gasteiger partial charge is 0.393 e. The van der Waals surface area contributed by atoms with Gasteiger partial charge in [0.25, 0.3) is 0 Å². The number of likely N-dealkylation sites (tertiary alicyclic amines) is 2. The summed E-state index contributed by atoms with van der Waals surface area (Å²) in [5, 5.41) is 12.9. The minimum absolute atomic E-state index is 0.130. The number of piperidine rings is 2. The minimum Gasteiger partial charge on any atom is -0.393 e. The van der Waals surface area contributed by atoms with E-state index in [4.69, 9.17) is 0 Å². The Morgan fingerprint density at radius 3 is 2.24 bits per heavy atom. The first-order valence-electron chi connectivity index (χ1n) is 17.3. The van der Waals surface area contributed by atoms with E-state index in [1.54, 1.807) is 6.08 Å². The Labute approximate surface area is 273 Å². The van der Waals surface area contributed by atoms with Crippen LogP contribution in [-0.4, -0.2) is 96.6 Å². The summed E-state index contributed by atoms with van der Waals surface area (Å²) in [6, 6.07) is 0.167. The van der Waals surface area contributed by atoms with Crippen molar-refractivity contribution in [2.45, 2.75) is 103 Å². The van der Waals surface area contributed by atoms with Crippen LogP contribution in [0.3, 0.4) is 0 Å². The zero-order valence-corrected chi connectivity index (χ0v) is 28.9. The molecule has 5 unspecified atom stereocenters. The Kier molecular flexibility index (Phi) is 16.5. The molecule has 0 aromatic rings. The number of rotatable bonds is 5. The maximum atomic E-state index is 12.5. The Morgan fingerprint density at radius 2 is 1.69 bits per heavy atom. The molecule has 5 rings (SSSR count). The number of aliphatic hydroxyl groups is 1. The van der Waals surface area contributed by atoms with E-state index in [-0.39, 0.29) is 29.0 Å². The number of hydrogen-bond donors (Lipinski definition) is 3. The molecule has 3 saturated heterocycles. The van der Waals surface area contributed by atoms with Crippen molar-refractivity contribution in [1.82, 2.24) is 20.0 Å². The maximum absolute atomic E-state index is 12.5. The normalized spacial score (nSPS) is 30.8. The second-order valence-corrected chi connectivity index (χ2v) is 13.7. The highest BCUT2D eigenvalue weighted by atomic mass is 16.3. The van der Waals surface area contributed by atoms with Crippen molar-refractivity contribution in [3.05, 3.63) is 37.0 Å². The van der Waals surface area contributed by atoms with Crippen LogP contribution >= 0.6 is 0 Å². The molecule has 0 radical (unpaired) electrons. The predicted octanol–water partition coefficient (Wildman–Crippen LogP) is 5.11. The molecule has 5 aliphatic rings. The van der Waals surface area contributed by atoms with Gasteiger partial charge in [-0.2, -0.15) is 0 Å². The van der Waals surface area contributed by atoms with Gasteiger partial charge in [0.15, 0.2) is 0 Å². The van der Waals surface area contributed by atoms with E-state index < -0.39 is 0 Å². The second-order valence-electron chi connectivity index (χ2n) is 13.7. The van der Waals surface area contributed by atoms with Crippen LogP contribution in [0.1, 0.15) is 91.4 Å². The molecular weight excluding hydrogens is 566 g/mol. The molecular formula is C36H63N5O4. The van der Waals surface area contributed by atoms with Gasteiger partial charge in [0, 0.05) is 31.6 Å². The zero-order valence-electron chi connectivity index (χ0n) is 28.9. The van der Waals surface area contributed by atoms with E-state index in [0.29, 0.717) is 37.5 Å². The summed E-state index contributed by atoms with van der Waals surface area (Å²) in [6.07, 6.45) is 22.3. The van der Waals surface area contributed by atoms with Gasteiger partial charge in [0.2, 0.25) is 5.91 Å². The SMILES string of the molecule is C=C/C=C\C/C=C\CC.CC1CC2CC(CC(C)(C=O)C2)C1O.CN.CN1CNC(=O)C12CCN(C(=O)N1CCCCC1)CC2. The quantitative estimate of drug-likeness (QED) is 0.221. The Bertz CT molecular complexity index is 984. The van der Waals surface area contributed by atoms with Crippen molar-refractivity contribution in [3.8, 4) is 0 Å². The number of amides is 3. The Hall–Kier alpha value is -2.49. The first-order valence-corrected chi connectivity index (χ1v) is 17.3. The molecule has 3 amide bonds. The van der Waals surface area contributed by atoms with Crippen molar-refractivity contribution in [3.63, 3.8) is 0 Å². The molecule has 256 valence electrons. The number of fused-ring (bicyclic) bond motifs is 2. The average Bonchev–Trinajstić information content (AvgIpc) is 3.33. The van der Waals surface area contributed by atoms with Crippen molar-refractivity contribution >= 4 is 18.2 Å². The fourth-order valence-corrected chi connectivity index (χ4v) is 7.76. The third-order valence-electron chi connectivity index (χ3n) is 10.2. The van der Waals surface area contributed by atoms with Crippen LogP contribution in [0.2, 0.25) is 0 Å². The van der Waals surface area contributed by atoms with Crippen molar-refractivity contribution in [2.24, 2.45) is 28.9 Å². The molecule has 1 spiro atoms. The molecule has 2 saturated carbocycles. The molecule has 0 aromatic heterocycles. The third kappa shape index (κ3) is 10.8. The number of likely N-dealkylation sites (N-methyl/N-ethyl adjacent to an activating group) is 1. The lowest BCUT2D eigenvalue weighted by molar-refractivity contribution is -0.128. The van der Waals surface area contributed by atoms with Crippen LogP contribution in [0.4, 0.5) is 4.79 Å². The smallest absolute Gasteiger partial charge is 0.319 e. The summed E-state index contributed by atoms with van der Waals surface area (Å²) in [5.74, 6) is 1.59. The lowest BCUT2D eigenvalue weighted by Crippen LogP contribution is -2.57. The van der Waals surface area contributed by atoms with Gasteiger partial charge in [-0.1, -0.05) is 57.7 Å². The molecule has 2 aliphatic carbocycles. The standard InChI is InChI=1S/C14H24N4O2.C12H20O2.C9H14.CH5N/c1-16-11-15-12(19)14(16)5-9-18(10-6-14)13(20)17-7-3-2-4-8-17;1-8-3-9-4-10(11(8)14)6-12(2,5-9)7-13;1-3-5-7-9-8-6-4-2;1-2/h2-11H2,1H3,(H,15,19);7-11,14H,3-6H2,1-2H3;3,5-8H,1,4,9H2,2H3;2H2,1H3/b;;7-5-,8-6-;. The third-order valence-corrected chi connectivity index (χ3v) is 10.2. The molecule has 3 heterocycles. The number of aldehydes is 1. The molecule has 4 N–H and O–H groups in total. The number of nitrogens with one attached hydrogen (secondary N) is 1. The van der Waals surface area contributed by atoms with Crippen molar-refractivity contribution in [2.75, 3.05) is 46.9 Å². The fraction of sp³-hybridized carbons (Fsp3) is 0.750. The van der Waals surface area contributed by atoms with Gasteiger partial charge >= 0.3 is 6.03 Å². The number of hydrogen-bond acceptors (Lipinski definition) is 6. The van der Waals surface area contributed by atoms with Crippen LogP contribution in [0, 0.1) is 23.2 Å². The topological polar surface area (TPSA) is 119 Å². The van der Waals surface area contributed by atoms with E-state index in [9.17, 15) is 19.5 Å². The Morgan fingerprint density at radius 1 is 1.04 bits per heavy atom. The number of carbonyl (C=O) groups is 3. The second kappa shape index (κ2) is 19.2. The predicted molar refractivity (Wildman–Crippen MR) is 183 cm³/mol. The summed E-state index contributed by atoms with van der Waals surface area (Å²) >= 11 is 0. The molecule has 9 heteroatoms. The highest BCUT2D eigenvalue weighted by molar-refractivity contribution is 5.88. The number of aliphatic hydroxyl groups excluding tert-OH is 1. The molecule has 2 bridgehead atoms. The van der Waals surface area contributed by atoms with E-state index in [1.807, 2.05) is 29.8 Å².